The minimum absolute atomic E-state index is 0.281. The van der Waals surface area contributed by atoms with E-state index in [1.807, 2.05) is 0 Å². The van der Waals surface area contributed by atoms with Crippen LogP contribution in [0.5, 0.6) is 0 Å². The summed E-state index contributed by atoms with van der Waals surface area (Å²) < 4.78 is 5.11. The topological polar surface area (TPSA) is 26.3 Å². The molecule has 3 unspecified atom stereocenters. The maximum Gasteiger partial charge on any atom is 0.330 e. The van der Waals surface area contributed by atoms with Crippen LogP contribution in [0.15, 0.2) is 12.7 Å². The highest BCUT2D eigenvalue weighted by atomic mass is 16.5. The van der Waals surface area contributed by atoms with E-state index >= 15 is 0 Å². The molecule has 0 bridgehead atoms. The Morgan fingerprint density at radius 2 is 2.29 bits per heavy atom. The average Bonchev–Trinajstić information content (AvgIpc) is 2.89. The van der Waals surface area contributed by atoms with Crippen LogP contribution in [0.4, 0.5) is 0 Å². The summed E-state index contributed by atoms with van der Waals surface area (Å²) in [6, 6.07) is 0. The molecule has 96 valence electrons. The highest BCUT2D eigenvalue weighted by Gasteiger charge is 2.49. The molecule has 0 aromatic carbocycles. The lowest BCUT2D eigenvalue weighted by atomic mass is 9.75. The van der Waals surface area contributed by atoms with Crippen molar-refractivity contribution in [2.24, 2.45) is 17.3 Å². The molecule has 17 heavy (non-hydrogen) atoms. The monoisotopic (exact) mass is 236 g/mol. The van der Waals surface area contributed by atoms with Crippen molar-refractivity contribution >= 4 is 5.97 Å². The van der Waals surface area contributed by atoms with Crippen molar-refractivity contribution < 1.29 is 9.53 Å². The molecule has 2 aliphatic carbocycles. The van der Waals surface area contributed by atoms with Crippen LogP contribution >= 0.6 is 0 Å². The van der Waals surface area contributed by atoms with Crippen molar-refractivity contribution in [1.82, 2.24) is 0 Å². The molecule has 2 rings (SSSR count). The number of carbonyl (C=O) groups excluding carboxylic acids is 1. The minimum Gasteiger partial charge on any atom is -0.463 e. The zero-order chi connectivity index (χ0) is 12.3. The first-order chi connectivity index (χ1) is 8.22. The molecular weight excluding hydrogens is 212 g/mol. The van der Waals surface area contributed by atoms with Gasteiger partial charge in [-0.15, -0.1) is 0 Å². The Morgan fingerprint density at radius 1 is 1.47 bits per heavy atom. The molecule has 0 N–H and O–H groups in total. The number of rotatable bonds is 5. The predicted octanol–water partition coefficient (Wildman–Crippen LogP) is 3.71. The third kappa shape index (κ3) is 2.41. The van der Waals surface area contributed by atoms with Crippen molar-refractivity contribution in [3.63, 3.8) is 0 Å². The molecule has 2 heteroatoms. The molecule has 0 aromatic rings. The first-order valence-electron chi connectivity index (χ1n) is 7.01. The van der Waals surface area contributed by atoms with Gasteiger partial charge in [0.2, 0.25) is 0 Å². The zero-order valence-electron chi connectivity index (χ0n) is 10.9. The van der Waals surface area contributed by atoms with E-state index < -0.39 is 0 Å². The van der Waals surface area contributed by atoms with E-state index in [9.17, 15) is 4.79 Å². The molecule has 2 nitrogen and oxygen atoms in total. The number of ether oxygens (including phenoxy) is 1. The fourth-order valence-corrected chi connectivity index (χ4v) is 4.22. The maximum atomic E-state index is 11.0. The molecule has 0 radical (unpaired) electrons. The van der Waals surface area contributed by atoms with Gasteiger partial charge in [-0.2, -0.15) is 0 Å². The van der Waals surface area contributed by atoms with Gasteiger partial charge in [-0.05, 0) is 49.4 Å². The van der Waals surface area contributed by atoms with E-state index in [1.54, 1.807) is 0 Å². The Labute approximate surface area is 104 Å². The fourth-order valence-electron chi connectivity index (χ4n) is 4.22. The summed E-state index contributed by atoms with van der Waals surface area (Å²) in [6.07, 6.45) is 10.6. The zero-order valence-corrected chi connectivity index (χ0v) is 10.9. The van der Waals surface area contributed by atoms with Gasteiger partial charge in [-0.25, -0.2) is 4.79 Å². The second kappa shape index (κ2) is 5.24. The van der Waals surface area contributed by atoms with Crippen molar-refractivity contribution in [1.29, 1.82) is 0 Å². The highest BCUT2D eigenvalue weighted by Crippen LogP contribution is 2.59. The van der Waals surface area contributed by atoms with E-state index in [2.05, 4.69) is 13.5 Å². The van der Waals surface area contributed by atoms with Crippen LogP contribution in [0.2, 0.25) is 0 Å². The predicted molar refractivity (Wildman–Crippen MR) is 68.6 cm³/mol. The normalized spacial score (nSPS) is 35.6. The van der Waals surface area contributed by atoms with Crippen molar-refractivity contribution in [3.05, 3.63) is 12.7 Å². The number of fused-ring (bicyclic) bond motifs is 1. The fraction of sp³-hybridized carbons (Fsp3) is 0.800. The summed E-state index contributed by atoms with van der Waals surface area (Å²) in [6.45, 7) is 6.33. The van der Waals surface area contributed by atoms with Gasteiger partial charge < -0.3 is 4.74 Å². The molecule has 0 spiro atoms. The summed E-state index contributed by atoms with van der Waals surface area (Å²) in [5, 5.41) is 0. The standard InChI is InChI=1S/C15H24O2/c1-3-14(16)17-11-8-12-7-10-15(4-2)9-5-6-13(12)15/h3,12-13H,1,4-11H2,2H3. The third-order valence-corrected chi connectivity index (χ3v) is 5.16. The summed E-state index contributed by atoms with van der Waals surface area (Å²) in [5.74, 6) is 1.40. The van der Waals surface area contributed by atoms with E-state index in [1.165, 1.54) is 44.6 Å². The number of esters is 1. The van der Waals surface area contributed by atoms with Crippen molar-refractivity contribution in [3.8, 4) is 0 Å². The molecule has 0 heterocycles. The Balaban J connectivity index is 1.83. The Kier molecular flexibility index (Phi) is 3.90. The van der Waals surface area contributed by atoms with Crippen LogP contribution in [0.1, 0.15) is 51.9 Å². The molecule has 0 amide bonds. The molecule has 2 fully saturated rings. The lowest BCUT2D eigenvalue weighted by molar-refractivity contribution is -0.138. The quantitative estimate of drug-likeness (QED) is 0.537. The molecule has 0 aromatic heterocycles. The van der Waals surface area contributed by atoms with Crippen LogP contribution < -0.4 is 0 Å². The summed E-state index contributed by atoms with van der Waals surface area (Å²) in [7, 11) is 0. The van der Waals surface area contributed by atoms with Gasteiger partial charge >= 0.3 is 5.97 Å². The van der Waals surface area contributed by atoms with Gasteiger partial charge in [0, 0.05) is 6.08 Å². The lowest BCUT2D eigenvalue weighted by Gasteiger charge is -2.30. The van der Waals surface area contributed by atoms with E-state index in [0.717, 1.165) is 18.3 Å². The third-order valence-electron chi connectivity index (χ3n) is 5.16. The first kappa shape index (κ1) is 12.7. The van der Waals surface area contributed by atoms with Gasteiger partial charge in [-0.1, -0.05) is 26.3 Å². The largest absolute Gasteiger partial charge is 0.463 e. The molecule has 0 aliphatic heterocycles. The Bertz CT molecular complexity index is 297. The molecular formula is C15H24O2. The van der Waals surface area contributed by atoms with Crippen LogP contribution in [-0.2, 0) is 9.53 Å². The molecule has 2 saturated carbocycles. The summed E-state index contributed by atoms with van der Waals surface area (Å²) >= 11 is 0. The van der Waals surface area contributed by atoms with Crippen molar-refractivity contribution in [2.45, 2.75) is 51.9 Å². The second-order valence-electron chi connectivity index (χ2n) is 5.67. The first-order valence-corrected chi connectivity index (χ1v) is 7.01. The smallest absolute Gasteiger partial charge is 0.330 e. The Hall–Kier alpha value is -0.790. The minimum atomic E-state index is -0.281. The summed E-state index contributed by atoms with van der Waals surface area (Å²) in [4.78, 5) is 11.0. The highest BCUT2D eigenvalue weighted by molar-refractivity contribution is 5.81. The number of hydrogen-bond donors (Lipinski definition) is 0. The second-order valence-corrected chi connectivity index (χ2v) is 5.67. The average molecular weight is 236 g/mol. The van der Waals surface area contributed by atoms with E-state index in [0.29, 0.717) is 12.0 Å². The van der Waals surface area contributed by atoms with Gasteiger partial charge in [0.15, 0.2) is 0 Å². The van der Waals surface area contributed by atoms with Gasteiger partial charge in [0.25, 0.3) is 0 Å². The Morgan fingerprint density at radius 3 is 3.00 bits per heavy atom. The van der Waals surface area contributed by atoms with E-state index in [4.69, 9.17) is 4.74 Å². The SMILES string of the molecule is C=CC(=O)OCCC1CCC2(CC)CCCC12. The molecule has 0 saturated heterocycles. The maximum absolute atomic E-state index is 11.0. The van der Waals surface area contributed by atoms with Crippen LogP contribution in [-0.4, -0.2) is 12.6 Å². The molecule has 3 atom stereocenters. The number of carbonyl (C=O) groups is 1. The van der Waals surface area contributed by atoms with Crippen LogP contribution in [0.3, 0.4) is 0 Å². The number of hydrogen-bond acceptors (Lipinski definition) is 2. The lowest BCUT2D eigenvalue weighted by Crippen LogP contribution is -2.22. The van der Waals surface area contributed by atoms with Gasteiger partial charge in [0.1, 0.15) is 0 Å². The van der Waals surface area contributed by atoms with E-state index in [-0.39, 0.29) is 5.97 Å². The van der Waals surface area contributed by atoms with Gasteiger partial charge in [-0.3, -0.25) is 0 Å². The van der Waals surface area contributed by atoms with Crippen LogP contribution in [0, 0.1) is 17.3 Å². The van der Waals surface area contributed by atoms with Crippen molar-refractivity contribution in [2.75, 3.05) is 6.61 Å². The summed E-state index contributed by atoms with van der Waals surface area (Å²) in [5.41, 5.74) is 0.646. The van der Waals surface area contributed by atoms with Crippen LogP contribution in [0.25, 0.3) is 0 Å². The van der Waals surface area contributed by atoms with Gasteiger partial charge in [0.05, 0.1) is 6.61 Å². The molecule has 2 aliphatic rings.